The summed E-state index contributed by atoms with van der Waals surface area (Å²) in [5.41, 5.74) is 0. The molecule has 0 amide bonds. The van der Waals surface area contributed by atoms with Gasteiger partial charge in [-0.1, -0.05) is 235 Å². The van der Waals surface area contributed by atoms with Gasteiger partial charge in [0.05, 0.1) is 26.4 Å². The number of hydrogen-bond donors (Lipinski definition) is 3. The van der Waals surface area contributed by atoms with Crippen LogP contribution in [0.2, 0.25) is 0 Å². The summed E-state index contributed by atoms with van der Waals surface area (Å²) < 4.78 is 67.7. The first-order valence-electron chi connectivity index (χ1n) is 31.3. The molecule has 0 saturated carbocycles. The minimum absolute atomic E-state index is 0.100. The first-order valence-corrected chi connectivity index (χ1v) is 34.3. The third kappa shape index (κ3) is 55.0. The number of phosphoric acid groups is 2. The molecule has 0 bridgehead atoms. The van der Waals surface area contributed by atoms with Crippen molar-refractivity contribution < 1.29 is 80.2 Å². The van der Waals surface area contributed by atoms with Crippen LogP contribution in [0.4, 0.5) is 0 Å². The molecular formula is C60H116O17P2. The number of rotatable bonds is 58. The number of esters is 4. The van der Waals surface area contributed by atoms with Crippen molar-refractivity contribution in [3.8, 4) is 0 Å². The SMILES string of the molecule is CCCCCCCCCCCCCCC(=O)O[C@H](COC(=O)CCCCCCCCC(C)C)COP(=O)(O)OC[C@@H](O)COP(=O)(O)OC[C@@H](COC(=O)CCCCCCCCC(C)C)OC(=O)CCCCCCCCC(C)C. The first-order chi connectivity index (χ1) is 37.7. The van der Waals surface area contributed by atoms with Crippen LogP contribution in [0.3, 0.4) is 0 Å². The lowest BCUT2D eigenvalue weighted by Gasteiger charge is -2.21. The Balaban J connectivity index is 5.23. The van der Waals surface area contributed by atoms with Crippen molar-refractivity contribution in [2.45, 2.75) is 304 Å². The zero-order chi connectivity index (χ0) is 58.8. The molecule has 0 radical (unpaired) electrons. The van der Waals surface area contributed by atoms with Crippen LogP contribution in [0.25, 0.3) is 0 Å². The highest BCUT2D eigenvalue weighted by Gasteiger charge is 2.30. The number of carbonyl (C=O) groups excluding carboxylic acids is 4. The van der Waals surface area contributed by atoms with Crippen molar-refractivity contribution in [3.63, 3.8) is 0 Å². The van der Waals surface area contributed by atoms with Crippen LogP contribution in [0.15, 0.2) is 0 Å². The van der Waals surface area contributed by atoms with E-state index in [1.807, 2.05) is 0 Å². The quantitative estimate of drug-likeness (QED) is 0.0222. The third-order valence-electron chi connectivity index (χ3n) is 13.6. The van der Waals surface area contributed by atoms with Gasteiger partial charge in [0.25, 0.3) is 0 Å². The molecule has 5 atom stereocenters. The van der Waals surface area contributed by atoms with Gasteiger partial charge in [0, 0.05) is 25.7 Å². The molecule has 0 saturated heterocycles. The van der Waals surface area contributed by atoms with E-state index in [-0.39, 0.29) is 25.7 Å². The van der Waals surface area contributed by atoms with Gasteiger partial charge in [0.15, 0.2) is 12.2 Å². The van der Waals surface area contributed by atoms with Crippen molar-refractivity contribution in [3.05, 3.63) is 0 Å². The Labute approximate surface area is 479 Å². The van der Waals surface area contributed by atoms with Crippen molar-refractivity contribution in [1.82, 2.24) is 0 Å². The number of ether oxygens (including phenoxy) is 4. The van der Waals surface area contributed by atoms with Gasteiger partial charge in [0.2, 0.25) is 0 Å². The molecule has 0 fully saturated rings. The van der Waals surface area contributed by atoms with Gasteiger partial charge < -0.3 is 33.8 Å². The Bertz CT molecular complexity index is 1580. The van der Waals surface area contributed by atoms with E-state index in [1.54, 1.807) is 0 Å². The molecule has 2 unspecified atom stereocenters. The second kappa shape index (κ2) is 51.7. The second-order valence-electron chi connectivity index (χ2n) is 23.2. The Morgan fingerprint density at radius 3 is 0.861 bits per heavy atom. The summed E-state index contributed by atoms with van der Waals surface area (Å²) >= 11 is 0. The van der Waals surface area contributed by atoms with Crippen molar-refractivity contribution in [2.75, 3.05) is 39.6 Å². The van der Waals surface area contributed by atoms with Crippen LogP contribution >= 0.6 is 15.6 Å². The van der Waals surface area contributed by atoms with Crippen LogP contribution in [0.5, 0.6) is 0 Å². The lowest BCUT2D eigenvalue weighted by atomic mass is 10.0. The number of hydrogen-bond acceptors (Lipinski definition) is 15. The molecule has 0 rings (SSSR count). The van der Waals surface area contributed by atoms with Gasteiger partial charge in [-0.05, 0) is 43.4 Å². The van der Waals surface area contributed by atoms with E-state index in [1.165, 1.54) is 83.5 Å². The van der Waals surface area contributed by atoms with Crippen molar-refractivity contribution in [2.24, 2.45) is 17.8 Å². The Kier molecular flexibility index (Phi) is 50.4. The average Bonchev–Trinajstić information content (AvgIpc) is 3.39. The van der Waals surface area contributed by atoms with Gasteiger partial charge in [-0.2, -0.15) is 0 Å². The van der Waals surface area contributed by atoms with E-state index in [2.05, 4.69) is 48.5 Å². The highest BCUT2D eigenvalue weighted by molar-refractivity contribution is 7.47. The van der Waals surface area contributed by atoms with Gasteiger partial charge in [0.1, 0.15) is 19.3 Å². The summed E-state index contributed by atoms with van der Waals surface area (Å²) in [6, 6.07) is 0. The topological polar surface area (TPSA) is 237 Å². The van der Waals surface area contributed by atoms with Crippen LogP contribution < -0.4 is 0 Å². The second-order valence-corrected chi connectivity index (χ2v) is 26.1. The number of aliphatic hydroxyl groups excluding tert-OH is 1. The lowest BCUT2D eigenvalue weighted by molar-refractivity contribution is -0.161. The molecule has 19 heteroatoms. The molecule has 3 N–H and O–H groups in total. The Morgan fingerprint density at radius 2 is 0.582 bits per heavy atom. The molecule has 17 nitrogen and oxygen atoms in total. The molecule has 0 aromatic heterocycles. The van der Waals surface area contributed by atoms with Gasteiger partial charge >= 0.3 is 39.5 Å². The monoisotopic (exact) mass is 1170 g/mol. The summed E-state index contributed by atoms with van der Waals surface area (Å²) in [6.45, 7) is 11.5. The molecule has 0 aliphatic rings. The van der Waals surface area contributed by atoms with E-state index in [0.29, 0.717) is 43.4 Å². The summed E-state index contributed by atoms with van der Waals surface area (Å²) in [5, 5.41) is 10.5. The maximum absolute atomic E-state index is 12.9. The number of aliphatic hydroxyl groups is 1. The van der Waals surface area contributed by atoms with Crippen LogP contribution in [-0.4, -0.2) is 96.7 Å². The van der Waals surface area contributed by atoms with Crippen LogP contribution in [-0.2, 0) is 65.4 Å². The molecule has 0 aromatic rings. The summed E-state index contributed by atoms with van der Waals surface area (Å²) in [5.74, 6) is -0.120. The van der Waals surface area contributed by atoms with E-state index in [9.17, 15) is 43.2 Å². The van der Waals surface area contributed by atoms with Gasteiger partial charge in [-0.15, -0.1) is 0 Å². The minimum Gasteiger partial charge on any atom is -0.462 e. The highest BCUT2D eigenvalue weighted by Crippen LogP contribution is 2.45. The van der Waals surface area contributed by atoms with Crippen molar-refractivity contribution in [1.29, 1.82) is 0 Å². The number of unbranched alkanes of at least 4 members (excludes halogenated alkanes) is 26. The molecular weight excluding hydrogens is 1050 g/mol. The normalized spacial score (nSPS) is 14.5. The summed E-state index contributed by atoms with van der Waals surface area (Å²) in [4.78, 5) is 71.9. The van der Waals surface area contributed by atoms with Crippen LogP contribution in [0, 0.1) is 17.8 Å². The molecule has 79 heavy (non-hydrogen) atoms. The number of phosphoric ester groups is 2. The first kappa shape index (κ1) is 77.1. The predicted octanol–water partition coefficient (Wildman–Crippen LogP) is 15.9. The average molecular weight is 1170 g/mol. The lowest BCUT2D eigenvalue weighted by Crippen LogP contribution is -2.30. The molecule has 0 aromatic carbocycles. The predicted molar refractivity (Wildman–Crippen MR) is 312 cm³/mol. The minimum atomic E-state index is -4.94. The molecule has 0 aliphatic heterocycles. The fourth-order valence-corrected chi connectivity index (χ4v) is 10.4. The van der Waals surface area contributed by atoms with Gasteiger partial charge in [-0.3, -0.25) is 37.3 Å². The van der Waals surface area contributed by atoms with E-state index >= 15 is 0 Å². The Hall–Kier alpha value is -1.94. The Morgan fingerprint density at radius 1 is 0.342 bits per heavy atom. The van der Waals surface area contributed by atoms with E-state index < -0.39 is 97.5 Å². The maximum atomic E-state index is 12.9. The van der Waals surface area contributed by atoms with E-state index in [4.69, 9.17) is 37.0 Å². The zero-order valence-electron chi connectivity index (χ0n) is 50.8. The molecule has 0 spiro atoms. The fourth-order valence-electron chi connectivity index (χ4n) is 8.77. The molecule has 0 heterocycles. The maximum Gasteiger partial charge on any atom is 0.472 e. The smallest absolute Gasteiger partial charge is 0.462 e. The summed E-state index contributed by atoms with van der Waals surface area (Å²) in [6.07, 6.45) is 31.2. The third-order valence-corrected chi connectivity index (χ3v) is 15.5. The van der Waals surface area contributed by atoms with Crippen LogP contribution in [0.1, 0.15) is 286 Å². The fraction of sp³-hybridized carbons (Fsp3) is 0.933. The highest BCUT2D eigenvalue weighted by atomic mass is 31.2. The molecule has 0 aliphatic carbocycles. The van der Waals surface area contributed by atoms with Gasteiger partial charge in [-0.25, -0.2) is 9.13 Å². The van der Waals surface area contributed by atoms with Crippen molar-refractivity contribution >= 4 is 39.5 Å². The number of carbonyl (C=O) groups is 4. The van der Waals surface area contributed by atoms with E-state index in [0.717, 1.165) is 103 Å². The zero-order valence-corrected chi connectivity index (χ0v) is 52.6. The summed E-state index contributed by atoms with van der Waals surface area (Å²) in [7, 11) is -9.88. The molecule has 468 valence electrons. The largest absolute Gasteiger partial charge is 0.472 e. The standard InChI is InChI=1S/C60H116O17P2/c1-8-9-10-11-12-13-14-15-16-17-29-36-43-59(64)76-55(47-70-57(62)41-34-27-21-18-24-31-38-51(2)3)49-74-78(66,67)72-45-54(61)46-73-79(68,69)75-50-56(77-60(65)44-37-30-23-20-26-33-40-53(6)7)48-71-58(63)42-35-28-22-19-25-32-39-52(4)5/h51-56,61H,8-50H2,1-7H3,(H,66,67)(H,68,69)/t54-,55-,56-/m1/s1.